The van der Waals surface area contributed by atoms with Crippen molar-refractivity contribution in [1.29, 1.82) is 5.26 Å². The molecule has 0 aliphatic carbocycles. The van der Waals surface area contributed by atoms with Crippen LogP contribution in [0.25, 0.3) is 22.3 Å². The fourth-order valence-electron chi connectivity index (χ4n) is 3.03. The van der Waals surface area contributed by atoms with E-state index in [1.54, 1.807) is 11.8 Å². The van der Waals surface area contributed by atoms with Gasteiger partial charge >= 0.3 is 0 Å². The molecule has 5 nitrogen and oxygen atoms in total. The number of nitrogens with zero attached hydrogens (tertiary/aromatic N) is 4. The monoisotopic (exact) mass is 359 g/mol. The van der Waals surface area contributed by atoms with Crippen molar-refractivity contribution < 1.29 is 0 Å². The quantitative estimate of drug-likeness (QED) is 0.528. The summed E-state index contributed by atoms with van der Waals surface area (Å²) in [7, 11) is 0. The SMILES string of the molecule is CCn1c(SCc2ccccc2C#N)nnc1-c1c[nH]c2ccccc12. The van der Waals surface area contributed by atoms with E-state index >= 15 is 0 Å². The van der Waals surface area contributed by atoms with E-state index in [1.165, 1.54) is 0 Å². The lowest BCUT2D eigenvalue weighted by atomic mass is 10.1. The number of nitriles is 1. The molecule has 0 saturated carbocycles. The van der Waals surface area contributed by atoms with Gasteiger partial charge in [0, 0.05) is 35.0 Å². The number of nitrogens with one attached hydrogen (secondary N) is 1. The molecule has 0 aliphatic rings. The molecule has 2 aromatic carbocycles. The number of benzene rings is 2. The number of H-pyrrole nitrogens is 1. The van der Waals surface area contributed by atoms with Crippen LogP contribution >= 0.6 is 11.8 Å². The second-order valence-corrected chi connectivity index (χ2v) is 6.80. The maximum atomic E-state index is 9.25. The van der Waals surface area contributed by atoms with Crippen LogP contribution in [0.1, 0.15) is 18.1 Å². The van der Waals surface area contributed by atoms with Gasteiger partial charge in [-0.2, -0.15) is 5.26 Å². The summed E-state index contributed by atoms with van der Waals surface area (Å²) in [6.45, 7) is 2.87. The van der Waals surface area contributed by atoms with E-state index in [2.05, 4.69) is 44.9 Å². The molecule has 4 aromatic rings. The van der Waals surface area contributed by atoms with Crippen LogP contribution in [0.4, 0.5) is 0 Å². The summed E-state index contributed by atoms with van der Waals surface area (Å²) in [5, 5.41) is 20.1. The Morgan fingerprint density at radius 3 is 2.77 bits per heavy atom. The van der Waals surface area contributed by atoms with E-state index in [0.717, 1.165) is 39.6 Å². The lowest BCUT2D eigenvalue weighted by molar-refractivity contribution is 0.687. The third-order valence-electron chi connectivity index (χ3n) is 4.36. The first-order valence-corrected chi connectivity index (χ1v) is 9.41. The highest BCUT2D eigenvalue weighted by atomic mass is 32.2. The van der Waals surface area contributed by atoms with Crippen LogP contribution in [0.2, 0.25) is 0 Å². The molecule has 0 spiro atoms. The van der Waals surface area contributed by atoms with Crippen LogP contribution in [0.5, 0.6) is 0 Å². The van der Waals surface area contributed by atoms with Crippen molar-refractivity contribution >= 4 is 22.7 Å². The Hall–Kier alpha value is -3.04. The molecule has 0 saturated heterocycles. The largest absolute Gasteiger partial charge is 0.360 e. The van der Waals surface area contributed by atoms with Gasteiger partial charge in [-0.05, 0) is 24.6 Å². The maximum Gasteiger partial charge on any atom is 0.191 e. The lowest BCUT2D eigenvalue weighted by Gasteiger charge is -2.07. The molecule has 4 rings (SSSR count). The molecule has 0 fully saturated rings. The first-order valence-electron chi connectivity index (χ1n) is 8.42. The normalized spacial score (nSPS) is 10.9. The molecule has 6 heteroatoms. The number of fused-ring (bicyclic) bond motifs is 1. The number of hydrogen-bond donors (Lipinski definition) is 1. The van der Waals surface area contributed by atoms with Crippen LogP contribution < -0.4 is 0 Å². The molecule has 0 unspecified atom stereocenters. The molecular formula is C20H17N5S. The van der Waals surface area contributed by atoms with E-state index in [0.29, 0.717) is 11.3 Å². The van der Waals surface area contributed by atoms with Gasteiger partial charge in [0.2, 0.25) is 0 Å². The number of para-hydroxylation sites is 1. The summed E-state index contributed by atoms with van der Waals surface area (Å²) in [4.78, 5) is 3.30. The number of hydrogen-bond acceptors (Lipinski definition) is 4. The van der Waals surface area contributed by atoms with Gasteiger partial charge in [0.25, 0.3) is 0 Å². The zero-order valence-electron chi connectivity index (χ0n) is 14.3. The van der Waals surface area contributed by atoms with Crippen LogP contribution in [0.15, 0.2) is 59.9 Å². The number of aromatic amines is 1. The molecule has 0 atom stereocenters. The van der Waals surface area contributed by atoms with E-state index in [4.69, 9.17) is 0 Å². The summed E-state index contributed by atoms with van der Waals surface area (Å²) >= 11 is 1.61. The third-order valence-corrected chi connectivity index (χ3v) is 5.37. The molecule has 0 bridgehead atoms. The predicted molar refractivity (Wildman–Crippen MR) is 104 cm³/mol. The van der Waals surface area contributed by atoms with Crippen molar-refractivity contribution in [3.05, 3.63) is 65.9 Å². The third kappa shape index (κ3) is 2.87. The summed E-state index contributed by atoms with van der Waals surface area (Å²) in [5.74, 6) is 1.55. The topological polar surface area (TPSA) is 70.3 Å². The Kier molecular flexibility index (Phi) is 4.46. The Bertz CT molecular complexity index is 1100. The van der Waals surface area contributed by atoms with E-state index in [1.807, 2.05) is 42.6 Å². The maximum absolute atomic E-state index is 9.25. The second kappa shape index (κ2) is 7.06. The van der Waals surface area contributed by atoms with Crippen molar-refractivity contribution in [2.75, 3.05) is 0 Å². The van der Waals surface area contributed by atoms with Crippen molar-refractivity contribution in [2.45, 2.75) is 24.4 Å². The van der Waals surface area contributed by atoms with Crippen LogP contribution in [-0.2, 0) is 12.3 Å². The minimum Gasteiger partial charge on any atom is -0.360 e. The summed E-state index contributed by atoms with van der Waals surface area (Å²) in [6.07, 6.45) is 1.99. The first kappa shape index (κ1) is 16.4. The van der Waals surface area contributed by atoms with Crippen LogP contribution in [-0.4, -0.2) is 19.7 Å². The molecule has 26 heavy (non-hydrogen) atoms. The van der Waals surface area contributed by atoms with Crippen molar-refractivity contribution in [3.63, 3.8) is 0 Å². The lowest BCUT2D eigenvalue weighted by Crippen LogP contribution is -2.00. The molecular weight excluding hydrogens is 342 g/mol. The van der Waals surface area contributed by atoms with Crippen LogP contribution in [0, 0.1) is 11.3 Å². The molecule has 1 N–H and O–H groups in total. The fraction of sp³-hybridized carbons (Fsp3) is 0.150. The molecule has 2 heterocycles. The van der Waals surface area contributed by atoms with Crippen LogP contribution in [0.3, 0.4) is 0 Å². The summed E-state index contributed by atoms with van der Waals surface area (Å²) in [6, 6.07) is 18.1. The minimum absolute atomic E-state index is 0.690. The van der Waals surface area contributed by atoms with E-state index in [-0.39, 0.29) is 0 Å². The molecule has 0 aliphatic heterocycles. The smallest absolute Gasteiger partial charge is 0.191 e. The fourth-order valence-corrected chi connectivity index (χ4v) is 4.04. The van der Waals surface area contributed by atoms with Gasteiger partial charge in [-0.25, -0.2) is 0 Å². The van der Waals surface area contributed by atoms with Gasteiger partial charge in [-0.15, -0.1) is 10.2 Å². The molecule has 128 valence electrons. The zero-order chi connectivity index (χ0) is 17.9. The predicted octanol–water partition coefficient (Wildman–Crippen LogP) is 4.61. The van der Waals surface area contributed by atoms with E-state index in [9.17, 15) is 5.26 Å². The standard InChI is InChI=1S/C20H17N5S/c1-2-25-19(17-12-22-18-10-6-5-9-16(17)18)23-24-20(25)26-13-15-8-4-3-7-14(15)11-21/h3-10,12,22H,2,13H2,1H3. The summed E-state index contributed by atoms with van der Waals surface area (Å²) in [5.41, 5.74) is 3.86. The molecule has 0 amide bonds. The average Bonchev–Trinajstić information content (AvgIpc) is 3.29. The highest BCUT2D eigenvalue weighted by Crippen LogP contribution is 2.31. The highest BCUT2D eigenvalue weighted by molar-refractivity contribution is 7.98. The second-order valence-electron chi connectivity index (χ2n) is 5.86. The van der Waals surface area contributed by atoms with Crippen molar-refractivity contribution in [2.24, 2.45) is 0 Å². The Morgan fingerprint density at radius 1 is 1.12 bits per heavy atom. The van der Waals surface area contributed by atoms with Crippen molar-refractivity contribution in [3.8, 4) is 17.5 Å². The van der Waals surface area contributed by atoms with Gasteiger partial charge < -0.3 is 9.55 Å². The highest BCUT2D eigenvalue weighted by Gasteiger charge is 2.16. The molecule has 0 radical (unpaired) electrons. The van der Waals surface area contributed by atoms with E-state index < -0.39 is 0 Å². The Balaban J connectivity index is 1.66. The Morgan fingerprint density at radius 2 is 1.92 bits per heavy atom. The zero-order valence-corrected chi connectivity index (χ0v) is 15.1. The van der Waals surface area contributed by atoms with Gasteiger partial charge in [0.05, 0.1) is 11.6 Å². The number of rotatable bonds is 5. The number of aromatic nitrogens is 4. The average molecular weight is 359 g/mol. The molecule has 2 aromatic heterocycles. The minimum atomic E-state index is 0.690. The van der Waals surface area contributed by atoms with Gasteiger partial charge in [-0.3, -0.25) is 0 Å². The Labute approximate surface area is 155 Å². The first-order chi connectivity index (χ1) is 12.8. The summed E-state index contributed by atoms with van der Waals surface area (Å²) < 4.78 is 2.12. The van der Waals surface area contributed by atoms with Gasteiger partial charge in [0.15, 0.2) is 11.0 Å². The van der Waals surface area contributed by atoms with Crippen molar-refractivity contribution in [1.82, 2.24) is 19.7 Å². The van der Waals surface area contributed by atoms with Gasteiger partial charge in [-0.1, -0.05) is 48.2 Å². The van der Waals surface area contributed by atoms with Gasteiger partial charge in [0.1, 0.15) is 0 Å². The number of thioether (sulfide) groups is 1.